The fourth-order valence-corrected chi connectivity index (χ4v) is 2.33. The van der Waals surface area contributed by atoms with Gasteiger partial charge in [-0.3, -0.25) is 4.68 Å². The van der Waals surface area contributed by atoms with Crippen LogP contribution in [0.15, 0.2) is 16.9 Å². The SMILES string of the molecule is CCn1ncc(Br)c1C(O)c1cnns1. The van der Waals surface area contributed by atoms with Crippen LogP contribution in [-0.2, 0) is 6.54 Å². The lowest BCUT2D eigenvalue weighted by molar-refractivity contribution is 0.210. The van der Waals surface area contributed by atoms with Gasteiger partial charge in [-0.1, -0.05) is 4.49 Å². The fourth-order valence-electron chi connectivity index (χ4n) is 1.33. The van der Waals surface area contributed by atoms with Crippen LogP contribution in [0.3, 0.4) is 0 Å². The van der Waals surface area contributed by atoms with Gasteiger partial charge >= 0.3 is 0 Å². The maximum atomic E-state index is 10.1. The summed E-state index contributed by atoms with van der Waals surface area (Å²) in [5, 5.41) is 17.9. The quantitative estimate of drug-likeness (QED) is 0.932. The molecule has 0 radical (unpaired) electrons. The van der Waals surface area contributed by atoms with Gasteiger partial charge in [-0.25, -0.2) is 0 Å². The summed E-state index contributed by atoms with van der Waals surface area (Å²) in [5.41, 5.74) is 0.739. The molecule has 0 saturated heterocycles. The number of aromatic nitrogens is 4. The van der Waals surface area contributed by atoms with E-state index in [-0.39, 0.29) is 0 Å². The second-order valence-corrected chi connectivity index (χ2v) is 4.59. The van der Waals surface area contributed by atoms with Crippen LogP contribution >= 0.6 is 27.5 Å². The number of halogens is 1. The van der Waals surface area contributed by atoms with E-state index in [9.17, 15) is 5.11 Å². The van der Waals surface area contributed by atoms with Crippen molar-refractivity contribution < 1.29 is 5.11 Å². The van der Waals surface area contributed by atoms with Crippen LogP contribution in [0.2, 0.25) is 0 Å². The van der Waals surface area contributed by atoms with Crippen LogP contribution in [0.4, 0.5) is 0 Å². The summed E-state index contributed by atoms with van der Waals surface area (Å²) in [4.78, 5) is 0.714. The van der Waals surface area contributed by atoms with Gasteiger partial charge in [0.05, 0.1) is 27.4 Å². The smallest absolute Gasteiger partial charge is 0.134 e. The average molecular weight is 289 g/mol. The van der Waals surface area contributed by atoms with Gasteiger partial charge in [-0.2, -0.15) is 5.10 Å². The van der Waals surface area contributed by atoms with E-state index in [0.29, 0.717) is 11.4 Å². The van der Waals surface area contributed by atoms with Gasteiger partial charge in [0.1, 0.15) is 6.10 Å². The lowest BCUT2D eigenvalue weighted by atomic mass is 10.2. The Kier molecular flexibility index (Phi) is 3.13. The first-order valence-electron chi connectivity index (χ1n) is 4.40. The highest BCUT2D eigenvalue weighted by atomic mass is 79.9. The highest BCUT2D eigenvalue weighted by molar-refractivity contribution is 9.10. The Balaban J connectivity index is 2.40. The zero-order valence-electron chi connectivity index (χ0n) is 7.96. The van der Waals surface area contributed by atoms with Gasteiger partial charge in [0.2, 0.25) is 0 Å². The van der Waals surface area contributed by atoms with Crippen molar-refractivity contribution >= 4 is 27.5 Å². The summed E-state index contributed by atoms with van der Waals surface area (Å²) in [6.07, 6.45) is 2.52. The molecular weight excluding hydrogens is 280 g/mol. The highest BCUT2D eigenvalue weighted by Crippen LogP contribution is 2.29. The fraction of sp³-hybridized carbons (Fsp3) is 0.375. The minimum atomic E-state index is -0.721. The molecule has 0 aliphatic carbocycles. The first-order chi connectivity index (χ1) is 7.24. The predicted octanol–water partition coefficient (Wildman–Crippen LogP) is 1.60. The van der Waals surface area contributed by atoms with Crippen molar-refractivity contribution in [2.45, 2.75) is 19.6 Å². The van der Waals surface area contributed by atoms with Crippen molar-refractivity contribution in [3.63, 3.8) is 0 Å². The Morgan fingerprint density at radius 1 is 1.60 bits per heavy atom. The number of aliphatic hydroxyl groups excluding tert-OH is 1. The molecule has 80 valence electrons. The minimum Gasteiger partial charge on any atom is -0.381 e. The Bertz CT molecular complexity index is 441. The normalized spacial score (nSPS) is 13.0. The van der Waals surface area contributed by atoms with Crippen molar-refractivity contribution in [2.24, 2.45) is 0 Å². The zero-order chi connectivity index (χ0) is 10.8. The van der Waals surface area contributed by atoms with E-state index in [4.69, 9.17) is 0 Å². The molecule has 1 N–H and O–H groups in total. The third-order valence-corrected chi connectivity index (χ3v) is 3.37. The summed E-state index contributed by atoms with van der Waals surface area (Å²) in [5.74, 6) is 0. The standard InChI is InChI=1S/C8H9BrN4OS/c1-2-13-7(5(9)3-11-13)8(14)6-4-10-12-15-6/h3-4,8,14H,2H2,1H3. The molecule has 0 aromatic carbocycles. The van der Waals surface area contributed by atoms with Gasteiger partial charge in [-0.15, -0.1) is 5.10 Å². The Labute approximate surface area is 99.0 Å². The molecule has 2 heterocycles. The molecule has 0 aliphatic heterocycles. The molecule has 0 spiro atoms. The maximum absolute atomic E-state index is 10.1. The highest BCUT2D eigenvalue weighted by Gasteiger charge is 2.20. The van der Waals surface area contributed by atoms with Crippen LogP contribution in [0.1, 0.15) is 23.6 Å². The van der Waals surface area contributed by atoms with E-state index in [1.807, 2.05) is 6.92 Å². The number of aliphatic hydroxyl groups is 1. The van der Waals surface area contributed by atoms with E-state index in [0.717, 1.165) is 10.2 Å². The topological polar surface area (TPSA) is 63.8 Å². The average Bonchev–Trinajstić information content (AvgIpc) is 2.85. The lowest BCUT2D eigenvalue weighted by Gasteiger charge is -2.10. The molecule has 15 heavy (non-hydrogen) atoms. The number of hydrogen-bond donors (Lipinski definition) is 1. The van der Waals surface area contributed by atoms with Gasteiger partial charge in [0.25, 0.3) is 0 Å². The molecule has 1 unspecified atom stereocenters. The summed E-state index contributed by atoms with van der Waals surface area (Å²) in [6.45, 7) is 2.69. The van der Waals surface area contributed by atoms with Gasteiger partial charge in [0, 0.05) is 6.54 Å². The van der Waals surface area contributed by atoms with Crippen molar-refractivity contribution in [2.75, 3.05) is 0 Å². The predicted molar refractivity (Wildman–Crippen MR) is 59.6 cm³/mol. The molecule has 2 aromatic heterocycles. The van der Waals surface area contributed by atoms with E-state index in [1.165, 1.54) is 11.5 Å². The molecule has 7 heteroatoms. The van der Waals surface area contributed by atoms with Crippen LogP contribution in [0.25, 0.3) is 0 Å². The molecule has 2 aromatic rings. The first-order valence-corrected chi connectivity index (χ1v) is 5.97. The lowest BCUT2D eigenvalue weighted by Crippen LogP contribution is -2.08. The van der Waals surface area contributed by atoms with Crippen molar-refractivity contribution in [1.29, 1.82) is 0 Å². The van der Waals surface area contributed by atoms with E-state index >= 15 is 0 Å². The Morgan fingerprint density at radius 2 is 2.40 bits per heavy atom. The summed E-state index contributed by atoms with van der Waals surface area (Å²) in [7, 11) is 0. The third-order valence-electron chi connectivity index (χ3n) is 2.04. The van der Waals surface area contributed by atoms with Gasteiger partial charge in [0.15, 0.2) is 0 Å². The van der Waals surface area contributed by atoms with Crippen LogP contribution in [0.5, 0.6) is 0 Å². The number of rotatable bonds is 3. The molecule has 0 bridgehead atoms. The van der Waals surface area contributed by atoms with E-state index in [1.54, 1.807) is 17.1 Å². The summed E-state index contributed by atoms with van der Waals surface area (Å²) in [6, 6.07) is 0. The van der Waals surface area contributed by atoms with Crippen LogP contribution in [-0.4, -0.2) is 24.5 Å². The van der Waals surface area contributed by atoms with Crippen LogP contribution in [0, 0.1) is 0 Å². The second-order valence-electron chi connectivity index (χ2n) is 2.92. The number of nitrogens with zero attached hydrogens (tertiary/aromatic N) is 4. The first kappa shape index (κ1) is 10.7. The Hall–Kier alpha value is -0.790. The number of aryl methyl sites for hydroxylation is 1. The molecule has 5 nitrogen and oxygen atoms in total. The molecule has 0 fully saturated rings. The molecule has 2 rings (SSSR count). The molecule has 0 aliphatic rings. The van der Waals surface area contributed by atoms with Gasteiger partial charge in [-0.05, 0) is 34.4 Å². The van der Waals surface area contributed by atoms with Crippen LogP contribution < -0.4 is 0 Å². The van der Waals surface area contributed by atoms with E-state index in [2.05, 4.69) is 30.6 Å². The molecular formula is C8H9BrN4OS. The zero-order valence-corrected chi connectivity index (χ0v) is 10.4. The minimum absolute atomic E-state index is 0.713. The van der Waals surface area contributed by atoms with Gasteiger partial charge < -0.3 is 5.11 Å². The molecule has 0 saturated carbocycles. The van der Waals surface area contributed by atoms with Crippen molar-refractivity contribution in [3.05, 3.63) is 27.4 Å². The monoisotopic (exact) mass is 288 g/mol. The third kappa shape index (κ3) is 1.95. The van der Waals surface area contributed by atoms with Crippen molar-refractivity contribution in [3.8, 4) is 0 Å². The summed E-state index contributed by atoms with van der Waals surface area (Å²) < 4.78 is 6.27. The number of hydrogen-bond acceptors (Lipinski definition) is 5. The Morgan fingerprint density at radius 3 is 3.00 bits per heavy atom. The second kappa shape index (κ2) is 4.38. The molecule has 0 amide bonds. The largest absolute Gasteiger partial charge is 0.381 e. The maximum Gasteiger partial charge on any atom is 0.134 e. The summed E-state index contributed by atoms with van der Waals surface area (Å²) >= 11 is 4.55. The van der Waals surface area contributed by atoms with E-state index < -0.39 is 6.10 Å². The molecule has 1 atom stereocenters. The van der Waals surface area contributed by atoms with Crippen molar-refractivity contribution in [1.82, 2.24) is 19.4 Å².